The highest BCUT2D eigenvalue weighted by Crippen LogP contribution is 2.24. The summed E-state index contributed by atoms with van der Waals surface area (Å²) in [5.74, 6) is -1.13. The summed E-state index contributed by atoms with van der Waals surface area (Å²) < 4.78 is 0. The lowest BCUT2D eigenvalue weighted by molar-refractivity contribution is -0.122. The molecule has 128 valence electrons. The van der Waals surface area contributed by atoms with Gasteiger partial charge in [0.2, 0.25) is 0 Å². The number of nitrogens with one attached hydrogen (secondary N) is 1. The predicted octanol–water partition coefficient (Wildman–Crippen LogP) is 2.57. The van der Waals surface area contributed by atoms with Gasteiger partial charge in [0.1, 0.15) is 5.57 Å². The van der Waals surface area contributed by atoms with Crippen LogP contribution in [0.4, 0.5) is 11.4 Å². The molecule has 1 aliphatic rings. The first-order valence-corrected chi connectivity index (χ1v) is 7.62. The Bertz CT molecular complexity index is 884. The Morgan fingerprint density at radius 1 is 1.20 bits per heavy atom. The van der Waals surface area contributed by atoms with Gasteiger partial charge in [-0.25, -0.2) is 0 Å². The van der Waals surface area contributed by atoms with Gasteiger partial charge in [0.25, 0.3) is 11.8 Å². The molecule has 0 saturated carbocycles. The van der Waals surface area contributed by atoms with Crippen molar-refractivity contribution in [3.05, 3.63) is 58.9 Å². The molecule has 1 fully saturated rings. The summed E-state index contributed by atoms with van der Waals surface area (Å²) >= 11 is 11.0. The van der Waals surface area contributed by atoms with E-state index in [-0.39, 0.29) is 23.1 Å². The van der Waals surface area contributed by atoms with Gasteiger partial charge in [0, 0.05) is 28.7 Å². The largest absolute Gasteiger partial charge is 0.398 e. The zero-order valence-electron chi connectivity index (χ0n) is 12.6. The molecule has 2 heterocycles. The summed E-state index contributed by atoms with van der Waals surface area (Å²) in [7, 11) is 0. The van der Waals surface area contributed by atoms with E-state index in [2.05, 4.69) is 10.3 Å². The number of nitrogens with zero attached hydrogens (tertiary/aromatic N) is 2. The van der Waals surface area contributed by atoms with Gasteiger partial charge in [-0.3, -0.25) is 24.8 Å². The number of hydrogen-bond donors (Lipinski definition) is 2. The van der Waals surface area contributed by atoms with Gasteiger partial charge in [-0.1, -0.05) is 11.6 Å². The number of anilines is 2. The standard InChI is InChI=1S/C16H11ClN4O2S.ClH/c17-10-1-3-11(4-2-10)21-15(23)12(14(22)20-16(21)24)7-9-8-19-6-5-13(9)18;/h1-8H,(H2,18,19)(H,20,22,24);1H/b12-7-;. The molecule has 25 heavy (non-hydrogen) atoms. The molecule has 9 heteroatoms. The molecular formula is C16H12Cl2N4O2S. The van der Waals surface area contributed by atoms with E-state index in [1.54, 1.807) is 30.3 Å². The fourth-order valence-electron chi connectivity index (χ4n) is 2.18. The lowest BCUT2D eigenvalue weighted by Crippen LogP contribution is -2.54. The van der Waals surface area contributed by atoms with E-state index < -0.39 is 11.8 Å². The second-order valence-corrected chi connectivity index (χ2v) is 5.76. The summed E-state index contributed by atoms with van der Waals surface area (Å²) in [6.07, 6.45) is 4.39. The Morgan fingerprint density at radius 3 is 2.52 bits per heavy atom. The van der Waals surface area contributed by atoms with Gasteiger partial charge >= 0.3 is 0 Å². The minimum absolute atomic E-state index is 0. The second-order valence-electron chi connectivity index (χ2n) is 4.94. The van der Waals surface area contributed by atoms with Crippen molar-refractivity contribution in [3.63, 3.8) is 0 Å². The summed E-state index contributed by atoms with van der Waals surface area (Å²) in [5.41, 5.74) is 7.13. The van der Waals surface area contributed by atoms with Gasteiger partial charge in [-0.2, -0.15) is 0 Å². The van der Waals surface area contributed by atoms with Crippen molar-refractivity contribution in [1.29, 1.82) is 0 Å². The highest BCUT2D eigenvalue weighted by atomic mass is 35.5. The van der Waals surface area contributed by atoms with Crippen LogP contribution in [-0.2, 0) is 9.59 Å². The van der Waals surface area contributed by atoms with Crippen LogP contribution in [0.2, 0.25) is 5.02 Å². The van der Waals surface area contributed by atoms with Crippen molar-refractivity contribution in [1.82, 2.24) is 10.3 Å². The van der Waals surface area contributed by atoms with E-state index in [0.717, 1.165) is 0 Å². The maximum Gasteiger partial charge on any atom is 0.270 e. The Morgan fingerprint density at radius 2 is 1.88 bits per heavy atom. The summed E-state index contributed by atoms with van der Waals surface area (Å²) in [6.45, 7) is 0. The van der Waals surface area contributed by atoms with Gasteiger partial charge < -0.3 is 5.73 Å². The third-order valence-corrected chi connectivity index (χ3v) is 3.91. The van der Waals surface area contributed by atoms with E-state index in [4.69, 9.17) is 29.6 Å². The number of rotatable bonds is 2. The van der Waals surface area contributed by atoms with E-state index in [0.29, 0.717) is 22.0 Å². The number of halogens is 2. The van der Waals surface area contributed by atoms with Crippen LogP contribution in [0.5, 0.6) is 0 Å². The van der Waals surface area contributed by atoms with Crippen molar-refractivity contribution in [3.8, 4) is 0 Å². The van der Waals surface area contributed by atoms with Crippen molar-refractivity contribution in [2.75, 3.05) is 10.6 Å². The van der Waals surface area contributed by atoms with E-state index in [1.807, 2.05) is 0 Å². The molecule has 2 aromatic rings. The molecule has 0 atom stereocenters. The Hall–Kier alpha value is -2.48. The monoisotopic (exact) mass is 394 g/mol. The fourth-order valence-corrected chi connectivity index (χ4v) is 2.58. The average molecular weight is 395 g/mol. The molecule has 2 amide bonds. The minimum Gasteiger partial charge on any atom is -0.398 e. The zero-order chi connectivity index (χ0) is 17.3. The Kier molecular flexibility index (Phi) is 5.73. The summed E-state index contributed by atoms with van der Waals surface area (Å²) in [6, 6.07) is 8.12. The number of carbonyl (C=O) groups is 2. The number of hydrogen-bond acceptors (Lipinski definition) is 5. The van der Waals surface area contributed by atoms with Crippen LogP contribution < -0.4 is 16.0 Å². The molecule has 1 aliphatic heterocycles. The van der Waals surface area contributed by atoms with Gasteiger partial charge in [-0.05, 0) is 48.6 Å². The third kappa shape index (κ3) is 3.79. The predicted molar refractivity (Wildman–Crippen MR) is 104 cm³/mol. The number of amides is 2. The van der Waals surface area contributed by atoms with Gasteiger partial charge in [0.15, 0.2) is 5.11 Å². The topological polar surface area (TPSA) is 88.3 Å². The second kappa shape index (κ2) is 7.60. The molecule has 0 spiro atoms. The minimum atomic E-state index is -0.585. The molecule has 3 N–H and O–H groups in total. The normalized spacial score (nSPS) is 15.8. The first-order valence-electron chi connectivity index (χ1n) is 6.84. The first-order chi connectivity index (χ1) is 11.5. The number of pyridine rings is 1. The van der Waals surface area contributed by atoms with Crippen molar-refractivity contribution < 1.29 is 9.59 Å². The SMILES string of the molecule is Cl.Nc1ccncc1/C=C1/C(=O)NC(=S)N(c2ccc(Cl)cc2)C1=O. The lowest BCUT2D eigenvalue weighted by atomic mass is 10.1. The molecule has 6 nitrogen and oxygen atoms in total. The smallest absolute Gasteiger partial charge is 0.270 e. The molecule has 0 radical (unpaired) electrons. The van der Waals surface area contributed by atoms with Crippen LogP contribution in [-0.4, -0.2) is 21.9 Å². The van der Waals surface area contributed by atoms with Crippen LogP contribution in [0, 0.1) is 0 Å². The maximum absolute atomic E-state index is 12.8. The van der Waals surface area contributed by atoms with Crippen molar-refractivity contribution in [2.24, 2.45) is 0 Å². The number of nitrogens with two attached hydrogens (primary N) is 1. The molecular weight excluding hydrogens is 383 g/mol. The quantitative estimate of drug-likeness (QED) is 0.464. The molecule has 3 rings (SSSR count). The zero-order valence-corrected chi connectivity index (χ0v) is 15.0. The Balaban J connectivity index is 0.00000225. The van der Waals surface area contributed by atoms with Crippen molar-refractivity contribution >= 4 is 70.6 Å². The van der Waals surface area contributed by atoms with Gasteiger partial charge in [0.05, 0.1) is 5.69 Å². The molecule has 1 aromatic carbocycles. The van der Waals surface area contributed by atoms with Crippen LogP contribution in [0.1, 0.15) is 5.56 Å². The molecule has 0 aliphatic carbocycles. The van der Waals surface area contributed by atoms with Crippen LogP contribution >= 0.6 is 36.2 Å². The Labute approximate surface area is 160 Å². The van der Waals surface area contributed by atoms with Crippen LogP contribution in [0.25, 0.3) is 6.08 Å². The van der Waals surface area contributed by atoms with Crippen molar-refractivity contribution in [2.45, 2.75) is 0 Å². The molecule has 1 saturated heterocycles. The first kappa shape index (κ1) is 18.9. The fraction of sp³-hybridized carbons (Fsp3) is 0. The van der Waals surface area contributed by atoms with Crippen LogP contribution in [0.3, 0.4) is 0 Å². The highest BCUT2D eigenvalue weighted by molar-refractivity contribution is 7.80. The number of aromatic nitrogens is 1. The average Bonchev–Trinajstić information content (AvgIpc) is 2.54. The maximum atomic E-state index is 12.8. The lowest BCUT2D eigenvalue weighted by Gasteiger charge is -2.29. The molecule has 1 aromatic heterocycles. The number of benzene rings is 1. The third-order valence-electron chi connectivity index (χ3n) is 3.37. The highest BCUT2D eigenvalue weighted by Gasteiger charge is 2.34. The van der Waals surface area contributed by atoms with E-state index >= 15 is 0 Å². The molecule has 0 unspecified atom stereocenters. The molecule has 0 bridgehead atoms. The number of thiocarbonyl (C=S) groups is 1. The van der Waals surface area contributed by atoms with Crippen LogP contribution in [0.15, 0.2) is 48.3 Å². The number of nitrogen functional groups attached to an aromatic ring is 1. The van der Waals surface area contributed by atoms with E-state index in [9.17, 15) is 9.59 Å². The summed E-state index contributed by atoms with van der Waals surface area (Å²) in [5, 5.41) is 3.03. The number of carbonyl (C=O) groups excluding carboxylic acids is 2. The van der Waals surface area contributed by atoms with Gasteiger partial charge in [-0.15, -0.1) is 12.4 Å². The summed E-state index contributed by atoms with van der Waals surface area (Å²) in [4.78, 5) is 30.1. The van der Waals surface area contributed by atoms with E-state index in [1.165, 1.54) is 23.4 Å².